The second-order valence-electron chi connectivity index (χ2n) is 9.07. The minimum atomic E-state index is -3.93. The molecule has 1 aliphatic rings. The summed E-state index contributed by atoms with van der Waals surface area (Å²) in [7, 11) is -3.93. The molecular formula is C28H27F2N4O5P. The van der Waals surface area contributed by atoms with Crippen molar-refractivity contribution in [1.29, 1.82) is 0 Å². The van der Waals surface area contributed by atoms with Crippen LogP contribution in [0.3, 0.4) is 0 Å². The molecule has 2 heterocycles. The topological polar surface area (TPSA) is 117 Å². The van der Waals surface area contributed by atoms with Gasteiger partial charge in [0, 0.05) is 18.5 Å². The van der Waals surface area contributed by atoms with E-state index in [2.05, 4.69) is 9.97 Å². The standard InChI is InChI=1S/C28H27F2N4O5P/c1-3-37-40(36,38-4-2)39-16-20-12-23(29)24(30)13-21(20)17-9-10-25-22(11-17)26(33-28(31)32-25)27(35)34-14-18-7-5-6-8-19(18)15-34/h5-13H,3-4,14-16H2,1-2H3,(H2,31,32,33). The van der Waals surface area contributed by atoms with Crippen LogP contribution in [0.4, 0.5) is 14.7 Å². The van der Waals surface area contributed by atoms with Crippen LogP contribution in [0.1, 0.15) is 41.0 Å². The van der Waals surface area contributed by atoms with Crippen molar-refractivity contribution >= 4 is 30.6 Å². The van der Waals surface area contributed by atoms with Crippen molar-refractivity contribution in [2.45, 2.75) is 33.5 Å². The number of hydrogen-bond donors (Lipinski definition) is 1. The summed E-state index contributed by atoms with van der Waals surface area (Å²) in [5.74, 6) is -2.59. The third-order valence-electron chi connectivity index (χ3n) is 6.45. The summed E-state index contributed by atoms with van der Waals surface area (Å²) >= 11 is 0. The van der Waals surface area contributed by atoms with Crippen LogP contribution >= 0.6 is 7.82 Å². The van der Waals surface area contributed by atoms with Crippen molar-refractivity contribution in [3.63, 3.8) is 0 Å². The Morgan fingerprint density at radius 1 is 0.950 bits per heavy atom. The Balaban J connectivity index is 1.54. The molecule has 1 aromatic heterocycles. The van der Waals surface area contributed by atoms with Crippen LogP contribution < -0.4 is 5.73 Å². The quantitative estimate of drug-likeness (QED) is 0.244. The lowest BCUT2D eigenvalue weighted by Crippen LogP contribution is -2.27. The van der Waals surface area contributed by atoms with Gasteiger partial charge in [-0.2, -0.15) is 0 Å². The van der Waals surface area contributed by atoms with Gasteiger partial charge in [0.1, 0.15) is 5.69 Å². The van der Waals surface area contributed by atoms with Crippen molar-refractivity contribution in [3.8, 4) is 11.1 Å². The largest absolute Gasteiger partial charge is 0.475 e. The highest BCUT2D eigenvalue weighted by Crippen LogP contribution is 2.50. The van der Waals surface area contributed by atoms with E-state index in [9.17, 15) is 18.1 Å². The van der Waals surface area contributed by atoms with Gasteiger partial charge in [-0.05, 0) is 65.9 Å². The maximum atomic E-state index is 14.4. The molecule has 4 aromatic rings. The maximum absolute atomic E-state index is 14.4. The van der Waals surface area contributed by atoms with Gasteiger partial charge in [0.15, 0.2) is 11.6 Å². The number of phosphoric acid groups is 1. The van der Waals surface area contributed by atoms with Gasteiger partial charge in [-0.25, -0.2) is 23.3 Å². The third kappa shape index (κ3) is 5.59. The number of phosphoric ester groups is 1. The number of fused-ring (bicyclic) bond motifs is 2. The number of amides is 1. The molecule has 1 amide bonds. The average molecular weight is 569 g/mol. The highest BCUT2D eigenvalue weighted by atomic mass is 31.2. The zero-order chi connectivity index (χ0) is 28.4. The molecule has 0 spiro atoms. The van der Waals surface area contributed by atoms with E-state index >= 15 is 0 Å². The summed E-state index contributed by atoms with van der Waals surface area (Å²) in [6, 6.07) is 14.6. The van der Waals surface area contributed by atoms with Crippen molar-refractivity contribution < 1.29 is 31.7 Å². The molecule has 0 saturated heterocycles. The molecule has 9 nitrogen and oxygen atoms in total. The molecule has 0 aliphatic carbocycles. The van der Waals surface area contributed by atoms with E-state index in [0.717, 1.165) is 23.3 Å². The molecule has 12 heteroatoms. The minimum Gasteiger partial charge on any atom is -0.368 e. The molecule has 208 valence electrons. The fraction of sp³-hybridized carbons (Fsp3) is 0.250. The summed E-state index contributed by atoms with van der Waals surface area (Å²) in [6.45, 7) is 3.83. The molecule has 3 aromatic carbocycles. The van der Waals surface area contributed by atoms with Crippen LogP contribution in [-0.4, -0.2) is 34.0 Å². The lowest BCUT2D eigenvalue weighted by atomic mass is 9.97. The number of nitrogen functional groups attached to an aromatic ring is 1. The van der Waals surface area contributed by atoms with Gasteiger partial charge < -0.3 is 10.6 Å². The predicted octanol–water partition coefficient (Wildman–Crippen LogP) is 6.01. The number of benzene rings is 3. The number of carbonyl (C=O) groups is 1. The minimum absolute atomic E-state index is 0.0641. The van der Waals surface area contributed by atoms with E-state index in [1.165, 1.54) is 0 Å². The van der Waals surface area contributed by atoms with Crippen LogP contribution in [0.5, 0.6) is 0 Å². The number of hydrogen-bond acceptors (Lipinski definition) is 8. The Kier molecular flexibility index (Phi) is 7.91. The SMILES string of the molecule is CCOP(=O)(OCC)OCc1cc(F)c(F)cc1-c1ccc2nc(N)nc(C(=O)N3Cc4ccccc4C3)c2c1. The van der Waals surface area contributed by atoms with Crippen molar-refractivity contribution in [2.24, 2.45) is 0 Å². The summed E-state index contributed by atoms with van der Waals surface area (Å²) in [4.78, 5) is 23.8. The molecule has 40 heavy (non-hydrogen) atoms. The molecule has 0 unspecified atom stereocenters. The van der Waals surface area contributed by atoms with E-state index in [1.807, 2.05) is 24.3 Å². The zero-order valence-corrected chi connectivity index (χ0v) is 22.8. The molecule has 2 N–H and O–H groups in total. The summed E-state index contributed by atoms with van der Waals surface area (Å²) < 4.78 is 57.3. The van der Waals surface area contributed by atoms with Crippen molar-refractivity contribution in [2.75, 3.05) is 18.9 Å². The number of aromatic nitrogens is 2. The van der Waals surface area contributed by atoms with Gasteiger partial charge >= 0.3 is 7.82 Å². The molecular weight excluding hydrogens is 541 g/mol. The van der Waals surface area contributed by atoms with Crippen molar-refractivity contribution in [1.82, 2.24) is 14.9 Å². The fourth-order valence-corrected chi connectivity index (χ4v) is 5.81. The molecule has 5 rings (SSSR count). The van der Waals surface area contributed by atoms with Crippen LogP contribution in [0, 0.1) is 11.6 Å². The zero-order valence-electron chi connectivity index (χ0n) is 21.9. The Labute approximate surface area is 229 Å². The highest BCUT2D eigenvalue weighted by molar-refractivity contribution is 7.48. The highest BCUT2D eigenvalue weighted by Gasteiger charge is 2.28. The second kappa shape index (κ2) is 11.4. The number of nitrogens with zero attached hydrogens (tertiary/aromatic N) is 3. The molecule has 0 radical (unpaired) electrons. The third-order valence-corrected chi connectivity index (χ3v) is 8.05. The Morgan fingerprint density at radius 2 is 1.60 bits per heavy atom. The van der Waals surface area contributed by atoms with Gasteiger partial charge in [0.2, 0.25) is 5.95 Å². The summed E-state index contributed by atoms with van der Waals surface area (Å²) in [6.07, 6.45) is 0. The molecule has 0 atom stereocenters. The molecule has 0 saturated carbocycles. The van der Waals surface area contributed by atoms with Gasteiger partial charge in [0.05, 0.1) is 25.3 Å². The van der Waals surface area contributed by atoms with Crippen molar-refractivity contribution in [3.05, 3.63) is 88.6 Å². The normalized spacial score (nSPS) is 13.2. The van der Waals surface area contributed by atoms with Crippen LogP contribution in [-0.2, 0) is 37.8 Å². The van der Waals surface area contributed by atoms with E-state index < -0.39 is 26.1 Å². The van der Waals surface area contributed by atoms with E-state index in [-0.39, 0.29) is 41.9 Å². The van der Waals surface area contributed by atoms with Gasteiger partial charge in [-0.1, -0.05) is 30.3 Å². The first-order valence-electron chi connectivity index (χ1n) is 12.7. The first-order valence-corrected chi connectivity index (χ1v) is 14.1. The Bertz CT molecular complexity index is 1620. The lowest BCUT2D eigenvalue weighted by Gasteiger charge is -2.18. The van der Waals surface area contributed by atoms with Gasteiger partial charge in [-0.3, -0.25) is 18.4 Å². The smallest absolute Gasteiger partial charge is 0.368 e. The Morgan fingerprint density at radius 3 is 2.25 bits per heavy atom. The Hall–Kier alpha value is -3.76. The number of nitrogens with two attached hydrogens (primary N) is 1. The second-order valence-corrected chi connectivity index (χ2v) is 10.7. The number of rotatable bonds is 9. The van der Waals surface area contributed by atoms with Crippen LogP contribution in [0.25, 0.3) is 22.0 Å². The predicted molar refractivity (Wildman–Crippen MR) is 145 cm³/mol. The number of carbonyl (C=O) groups excluding carboxylic acids is 1. The molecule has 1 aliphatic heterocycles. The van der Waals surface area contributed by atoms with Gasteiger partial charge in [-0.15, -0.1) is 0 Å². The van der Waals surface area contributed by atoms with Crippen LogP contribution in [0.2, 0.25) is 0 Å². The van der Waals surface area contributed by atoms with E-state index in [0.29, 0.717) is 29.6 Å². The van der Waals surface area contributed by atoms with Gasteiger partial charge in [0.25, 0.3) is 5.91 Å². The lowest BCUT2D eigenvalue weighted by molar-refractivity contribution is 0.0747. The average Bonchev–Trinajstić information content (AvgIpc) is 3.37. The fourth-order valence-electron chi connectivity index (χ4n) is 4.66. The number of anilines is 1. The first kappa shape index (κ1) is 27.8. The monoisotopic (exact) mass is 568 g/mol. The van der Waals surface area contributed by atoms with E-state index in [4.69, 9.17) is 19.3 Å². The summed E-state index contributed by atoms with van der Waals surface area (Å²) in [5, 5.41) is 0.388. The molecule has 0 bridgehead atoms. The first-order chi connectivity index (χ1) is 19.2. The van der Waals surface area contributed by atoms with E-state index in [1.54, 1.807) is 36.9 Å². The molecule has 0 fully saturated rings. The number of halogens is 2. The maximum Gasteiger partial charge on any atom is 0.475 e. The summed E-state index contributed by atoms with van der Waals surface area (Å²) in [5.41, 5.74) is 9.41. The van der Waals surface area contributed by atoms with Crippen LogP contribution in [0.15, 0.2) is 54.6 Å².